The first-order valence-corrected chi connectivity index (χ1v) is 17.8. The first-order chi connectivity index (χ1) is 24.4. The van der Waals surface area contributed by atoms with Crippen LogP contribution in [0.4, 0.5) is 18.9 Å². The van der Waals surface area contributed by atoms with E-state index in [1.165, 1.54) is 16.0 Å². The first-order valence-electron chi connectivity index (χ1n) is 15.9. The van der Waals surface area contributed by atoms with E-state index in [0.29, 0.717) is 28.6 Å². The van der Waals surface area contributed by atoms with Gasteiger partial charge in [0.1, 0.15) is 11.8 Å². The predicted octanol–water partition coefficient (Wildman–Crippen LogP) is 6.20. The number of carbonyl (C=O) groups excluding carboxylic acids is 1. The summed E-state index contributed by atoms with van der Waals surface area (Å²) in [7, 11) is -3.81. The number of carbonyl (C=O) groups is 3. The molecule has 1 aliphatic rings. The van der Waals surface area contributed by atoms with Gasteiger partial charge in [-0.2, -0.15) is 13.2 Å². The van der Waals surface area contributed by atoms with E-state index in [4.69, 9.17) is 32.1 Å². The van der Waals surface area contributed by atoms with Crippen molar-refractivity contribution in [2.75, 3.05) is 18.2 Å². The van der Waals surface area contributed by atoms with Crippen molar-refractivity contribution in [3.05, 3.63) is 95.3 Å². The lowest BCUT2D eigenvalue weighted by Crippen LogP contribution is -2.47. The van der Waals surface area contributed by atoms with Gasteiger partial charge in [-0.3, -0.25) is 19.6 Å². The Bertz CT molecular complexity index is 2070. The summed E-state index contributed by atoms with van der Waals surface area (Å²) >= 11 is 6.40. The standard InChI is InChI=1S/C33H35ClN4O6S.C2HF3O2/c1-4-44-28-18-22(10-12-27(28)34)30(38(35)24-11-9-23-19-36-15-13-21(23)17-24)32(39)37-16-14-26(33(40)41)31(37)25-7-5-6-8-29(25)45(42,43)20(2)3;3-2(4,5)1(6)7/h5-13,15,17-20,26,30-31H,4,14,16,35H2,1-3H3,(H,40,41);(H,6,7). The van der Waals surface area contributed by atoms with Crippen molar-refractivity contribution in [1.29, 1.82) is 0 Å². The van der Waals surface area contributed by atoms with E-state index in [1.54, 1.807) is 68.7 Å². The molecule has 1 saturated heterocycles. The SMILES string of the molecule is CCOc1cc(C(C(=O)N2CCC(C(=O)O)C2c2ccccc2S(=O)(=O)C(C)C)N(N)c2ccc3cnccc3c2)ccc1Cl.O=C(O)C(F)(F)F. The molecule has 1 amide bonds. The Morgan fingerprint density at radius 2 is 1.73 bits per heavy atom. The van der Waals surface area contributed by atoms with E-state index in [0.717, 1.165) is 10.8 Å². The first kappa shape index (κ1) is 39.8. The molecule has 1 aliphatic heterocycles. The molecule has 278 valence electrons. The van der Waals surface area contributed by atoms with E-state index in [-0.39, 0.29) is 23.4 Å². The van der Waals surface area contributed by atoms with Gasteiger partial charge in [0.2, 0.25) is 0 Å². The van der Waals surface area contributed by atoms with E-state index in [2.05, 4.69) is 4.98 Å². The van der Waals surface area contributed by atoms with Crippen LogP contribution in [0.15, 0.2) is 84.0 Å². The van der Waals surface area contributed by atoms with Crippen LogP contribution in [0.25, 0.3) is 10.8 Å². The molecule has 0 saturated carbocycles. The number of anilines is 1. The largest absolute Gasteiger partial charge is 0.492 e. The third-order valence-electron chi connectivity index (χ3n) is 8.41. The zero-order valence-corrected chi connectivity index (χ0v) is 29.7. The minimum atomic E-state index is -5.08. The number of pyridine rings is 1. The number of hydrogen-bond donors (Lipinski definition) is 3. The van der Waals surface area contributed by atoms with E-state index < -0.39 is 57.1 Å². The van der Waals surface area contributed by atoms with Gasteiger partial charge in [0, 0.05) is 24.3 Å². The number of alkyl halides is 3. The van der Waals surface area contributed by atoms with Gasteiger partial charge in [0.25, 0.3) is 5.91 Å². The predicted molar refractivity (Wildman–Crippen MR) is 186 cm³/mol. The average Bonchev–Trinajstić information content (AvgIpc) is 3.55. The molecule has 0 aliphatic carbocycles. The Morgan fingerprint density at radius 3 is 2.35 bits per heavy atom. The van der Waals surface area contributed by atoms with Crippen molar-refractivity contribution in [1.82, 2.24) is 9.88 Å². The summed E-state index contributed by atoms with van der Waals surface area (Å²) in [5.74, 6) is 1.74. The van der Waals surface area contributed by atoms with Crippen LogP contribution < -0.4 is 15.6 Å². The van der Waals surface area contributed by atoms with Crippen molar-refractivity contribution < 1.29 is 50.9 Å². The van der Waals surface area contributed by atoms with Gasteiger partial charge in [-0.25, -0.2) is 19.1 Å². The van der Waals surface area contributed by atoms with Crippen LogP contribution in [-0.2, 0) is 24.2 Å². The van der Waals surface area contributed by atoms with Crippen LogP contribution in [0.2, 0.25) is 5.02 Å². The molecule has 3 atom stereocenters. The molecule has 3 unspecified atom stereocenters. The van der Waals surface area contributed by atoms with E-state index in [9.17, 15) is 36.3 Å². The molecular weight excluding hydrogens is 729 g/mol. The Morgan fingerprint density at radius 1 is 1.06 bits per heavy atom. The number of hydrazine groups is 1. The zero-order valence-electron chi connectivity index (χ0n) is 28.1. The second-order valence-corrected chi connectivity index (χ2v) is 14.9. The lowest BCUT2D eigenvalue weighted by atomic mass is 9.93. The highest BCUT2D eigenvalue weighted by Gasteiger charge is 2.47. The lowest BCUT2D eigenvalue weighted by molar-refractivity contribution is -0.192. The number of benzene rings is 3. The highest BCUT2D eigenvalue weighted by molar-refractivity contribution is 7.92. The van der Waals surface area contributed by atoms with Crippen molar-refractivity contribution in [2.45, 2.75) is 55.6 Å². The van der Waals surface area contributed by atoms with Crippen molar-refractivity contribution in [3.8, 4) is 5.75 Å². The Hall–Kier alpha value is -4.93. The summed E-state index contributed by atoms with van der Waals surface area (Å²) in [4.78, 5) is 41.9. The third-order valence-corrected chi connectivity index (χ3v) is 10.9. The van der Waals surface area contributed by atoms with Crippen LogP contribution in [0, 0.1) is 5.92 Å². The Balaban J connectivity index is 0.000000785. The number of aliphatic carboxylic acids is 2. The second kappa shape index (κ2) is 16.2. The van der Waals surface area contributed by atoms with Crippen LogP contribution in [-0.4, -0.2) is 70.9 Å². The lowest BCUT2D eigenvalue weighted by Gasteiger charge is -2.36. The van der Waals surface area contributed by atoms with Crippen LogP contribution in [0.5, 0.6) is 5.75 Å². The number of nitrogens with zero attached hydrogens (tertiary/aromatic N) is 3. The fraction of sp³-hybridized carbons (Fsp3) is 0.314. The molecule has 3 aromatic carbocycles. The molecule has 0 spiro atoms. The number of carboxylic acid groups (broad SMARTS) is 2. The number of ether oxygens (including phenoxy) is 1. The fourth-order valence-electron chi connectivity index (χ4n) is 5.84. The van der Waals surface area contributed by atoms with Gasteiger partial charge in [-0.1, -0.05) is 41.9 Å². The Labute approximate surface area is 302 Å². The number of rotatable bonds is 10. The maximum absolute atomic E-state index is 14.8. The number of halogens is 4. The van der Waals surface area contributed by atoms with Crippen LogP contribution in [0.1, 0.15) is 50.4 Å². The van der Waals surface area contributed by atoms with Gasteiger partial charge in [0.05, 0.1) is 39.4 Å². The highest BCUT2D eigenvalue weighted by atomic mass is 35.5. The van der Waals surface area contributed by atoms with Gasteiger partial charge >= 0.3 is 18.1 Å². The molecule has 0 bridgehead atoms. The summed E-state index contributed by atoms with van der Waals surface area (Å²) in [5, 5.41) is 20.1. The number of nitrogens with two attached hydrogens (primary N) is 1. The molecule has 17 heteroatoms. The molecule has 12 nitrogen and oxygen atoms in total. The molecule has 5 rings (SSSR count). The third kappa shape index (κ3) is 8.57. The smallest absolute Gasteiger partial charge is 0.490 e. The van der Waals surface area contributed by atoms with Gasteiger partial charge in [0.15, 0.2) is 9.84 Å². The average molecular weight is 765 g/mol. The van der Waals surface area contributed by atoms with Gasteiger partial charge in [-0.15, -0.1) is 0 Å². The normalized spacial score (nSPS) is 16.6. The Kier molecular flexibility index (Phi) is 12.4. The van der Waals surface area contributed by atoms with E-state index >= 15 is 0 Å². The van der Waals surface area contributed by atoms with Gasteiger partial charge in [-0.05, 0) is 80.1 Å². The summed E-state index contributed by atoms with van der Waals surface area (Å²) in [5.41, 5.74) is 1.25. The summed E-state index contributed by atoms with van der Waals surface area (Å²) in [6.45, 7) is 5.36. The topological polar surface area (TPSA) is 180 Å². The fourth-order valence-corrected chi connectivity index (χ4v) is 7.30. The van der Waals surface area contributed by atoms with Crippen molar-refractivity contribution >= 4 is 55.7 Å². The molecule has 0 radical (unpaired) electrons. The molecule has 4 N–H and O–H groups in total. The summed E-state index contributed by atoms with van der Waals surface area (Å²) in [6, 6.07) is 16.3. The molecule has 4 aromatic rings. The minimum Gasteiger partial charge on any atom is -0.492 e. The zero-order chi connectivity index (χ0) is 38.5. The van der Waals surface area contributed by atoms with Crippen molar-refractivity contribution in [2.24, 2.45) is 11.8 Å². The number of likely N-dealkylation sites (tertiary alicyclic amines) is 1. The maximum Gasteiger partial charge on any atom is 0.490 e. The van der Waals surface area contributed by atoms with Crippen LogP contribution in [0.3, 0.4) is 0 Å². The highest BCUT2D eigenvalue weighted by Crippen LogP contribution is 2.43. The number of carboxylic acids is 2. The minimum absolute atomic E-state index is 0.00497. The molecule has 1 aromatic heterocycles. The van der Waals surface area contributed by atoms with Crippen molar-refractivity contribution in [3.63, 3.8) is 0 Å². The summed E-state index contributed by atoms with van der Waals surface area (Å²) < 4.78 is 64.3. The van der Waals surface area contributed by atoms with Gasteiger partial charge < -0.3 is 19.8 Å². The number of hydrogen-bond acceptors (Lipinski definition) is 9. The van der Waals surface area contributed by atoms with E-state index in [1.807, 2.05) is 25.1 Å². The molecular formula is C35H36ClF3N4O8S. The number of fused-ring (bicyclic) bond motifs is 1. The molecule has 2 heterocycles. The van der Waals surface area contributed by atoms with Crippen LogP contribution >= 0.6 is 11.6 Å². The number of amides is 1. The maximum atomic E-state index is 14.8. The second-order valence-electron chi connectivity index (χ2n) is 12.0. The summed E-state index contributed by atoms with van der Waals surface area (Å²) in [6.07, 6.45) is -1.57. The monoisotopic (exact) mass is 764 g/mol. The number of sulfone groups is 1. The molecule has 52 heavy (non-hydrogen) atoms. The number of aromatic nitrogens is 1. The molecule has 1 fully saturated rings. The quantitative estimate of drug-likeness (QED) is 0.124.